The molecule has 166 valence electrons. The van der Waals surface area contributed by atoms with Crippen molar-refractivity contribution in [2.45, 2.75) is 18.2 Å². The third-order valence-electron chi connectivity index (χ3n) is 5.47. The predicted octanol–water partition coefficient (Wildman–Crippen LogP) is 3.12. The van der Waals surface area contributed by atoms with Crippen LogP contribution in [-0.2, 0) is 14.8 Å². The maximum atomic E-state index is 13.0. The molecule has 0 N–H and O–H groups in total. The highest BCUT2D eigenvalue weighted by molar-refractivity contribution is 7.89. The molecule has 1 fully saturated rings. The minimum Gasteiger partial charge on any atom is -0.338 e. The number of sulfonamides is 1. The van der Waals surface area contributed by atoms with Crippen molar-refractivity contribution in [3.63, 3.8) is 0 Å². The van der Waals surface area contributed by atoms with Gasteiger partial charge in [-0.3, -0.25) is 4.79 Å². The van der Waals surface area contributed by atoms with Crippen molar-refractivity contribution >= 4 is 22.0 Å². The highest BCUT2D eigenvalue weighted by Gasteiger charge is 2.27. The van der Waals surface area contributed by atoms with E-state index in [2.05, 4.69) is 5.10 Å². The lowest BCUT2D eigenvalue weighted by molar-refractivity contribution is -0.125. The number of hydrogen-bond acceptors (Lipinski definition) is 4. The molecule has 1 aliphatic heterocycles. The van der Waals surface area contributed by atoms with Gasteiger partial charge in [-0.25, -0.2) is 13.1 Å². The van der Waals surface area contributed by atoms with Gasteiger partial charge in [0.2, 0.25) is 15.9 Å². The van der Waals surface area contributed by atoms with Crippen LogP contribution in [0.4, 0.5) is 0 Å². The van der Waals surface area contributed by atoms with Gasteiger partial charge in [0.05, 0.1) is 16.8 Å². The van der Waals surface area contributed by atoms with Crippen molar-refractivity contribution in [3.8, 4) is 5.69 Å². The van der Waals surface area contributed by atoms with Gasteiger partial charge in [0, 0.05) is 44.0 Å². The minimum atomic E-state index is -3.56. The smallest absolute Gasteiger partial charge is 0.246 e. The van der Waals surface area contributed by atoms with E-state index in [1.54, 1.807) is 46.1 Å². The largest absolute Gasteiger partial charge is 0.338 e. The number of nitrogens with zero attached hydrogens (tertiary/aromatic N) is 4. The average Bonchev–Trinajstić information content (AvgIpc) is 3.13. The molecule has 0 spiro atoms. The summed E-state index contributed by atoms with van der Waals surface area (Å²) in [5.41, 5.74) is 2.78. The van der Waals surface area contributed by atoms with E-state index in [9.17, 15) is 13.2 Å². The Morgan fingerprint density at radius 2 is 1.72 bits per heavy atom. The predicted molar refractivity (Wildman–Crippen MR) is 124 cm³/mol. The first kappa shape index (κ1) is 22.0. The van der Waals surface area contributed by atoms with E-state index in [0.29, 0.717) is 31.0 Å². The first-order valence-corrected chi connectivity index (χ1v) is 12.0. The SMILES string of the molecule is Cc1ccc(S(=O)(=O)N2CCCN(C(=O)C=Cc3cnn(-c4ccccc4)c3)CC2)cc1. The lowest BCUT2D eigenvalue weighted by Crippen LogP contribution is -2.36. The van der Waals surface area contributed by atoms with Gasteiger partial charge in [-0.2, -0.15) is 9.40 Å². The van der Waals surface area contributed by atoms with Crippen LogP contribution in [0.3, 0.4) is 0 Å². The molecule has 3 aromatic rings. The number of hydrogen-bond donors (Lipinski definition) is 0. The van der Waals surface area contributed by atoms with Crippen LogP contribution in [0.5, 0.6) is 0 Å². The molecular weight excluding hydrogens is 424 g/mol. The summed E-state index contributed by atoms with van der Waals surface area (Å²) >= 11 is 0. The first-order valence-electron chi connectivity index (χ1n) is 10.6. The Morgan fingerprint density at radius 3 is 2.47 bits per heavy atom. The van der Waals surface area contributed by atoms with Crippen LogP contribution in [0.25, 0.3) is 11.8 Å². The number of rotatable bonds is 5. The monoisotopic (exact) mass is 450 g/mol. The first-order chi connectivity index (χ1) is 15.4. The van der Waals surface area contributed by atoms with E-state index >= 15 is 0 Å². The minimum absolute atomic E-state index is 0.132. The van der Waals surface area contributed by atoms with Crippen molar-refractivity contribution < 1.29 is 13.2 Å². The molecule has 0 unspecified atom stereocenters. The Morgan fingerprint density at radius 1 is 0.969 bits per heavy atom. The van der Waals surface area contributed by atoms with E-state index in [1.807, 2.05) is 43.5 Å². The van der Waals surface area contributed by atoms with E-state index in [0.717, 1.165) is 16.8 Å². The van der Waals surface area contributed by atoms with E-state index in [-0.39, 0.29) is 12.5 Å². The van der Waals surface area contributed by atoms with Crippen molar-refractivity contribution in [3.05, 3.63) is 84.2 Å². The molecule has 0 radical (unpaired) electrons. The number of para-hydroxylation sites is 1. The molecule has 1 aromatic heterocycles. The zero-order valence-corrected chi connectivity index (χ0v) is 18.8. The van der Waals surface area contributed by atoms with Gasteiger partial charge in [-0.15, -0.1) is 0 Å². The van der Waals surface area contributed by atoms with Gasteiger partial charge in [-0.1, -0.05) is 35.9 Å². The Kier molecular flexibility index (Phi) is 6.53. The van der Waals surface area contributed by atoms with E-state index in [1.165, 1.54) is 10.4 Å². The van der Waals surface area contributed by atoms with E-state index in [4.69, 9.17) is 0 Å². The molecule has 0 bridgehead atoms. The second kappa shape index (κ2) is 9.50. The topological polar surface area (TPSA) is 75.5 Å². The lowest BCUT2D eigenvalue weighted by atomic mass is 10.2. The van der Waals surface area contributed by atoms with Crippen molar-refractivity contribution in [1.29, 1.82) is 0 Å². The van der Waals surface area contributed by atoms with Crippen LogP contribution in [0.2, 0.25) is 0 Å². The number of benzene rings is 2. The molecule has 0 atom stereocenters. The van der Waals surface area contributed by atoms with E-state index < -0.39 is 10.0 Å². The molecular formula is C24H26N4O3S. The van der Waals surface area contributed by atoms with Gasteiger partial charge < -0.3 is 4.90 Å². The van der Waals surface area contributed by atoms with Crippen LogP contribution in [0.1, 0.15) is 17.5 Å². The molecule has 32 heavy (non-hydrogen) atoms. The third-order valence-corrected chi connectivity index (χ3v) is 7.38. The van der Waals surface area contributed by atoms with Gasteiger partial charge >= 0.3 is 0 Å². The maximum Gasteiger partial charge on any atom is 0.246 e. The molecule has 2 heterocycles. The number of amides is 1. The zero-order valence-electron chi connectivity index (χ0n) is 18.0. The van der Waals surface area contributed by atoms with Gasteiger partial charge in [0.25, 0.3) is 0 Å². The Hall–Kier alpha value is -3.23. The normalized spacial score (nSPS) is 15.7. The standard InChI is InChI=1S/C24H26N4O3S/c1-20-8-11-23(12-9-20)32(30,31)27-15-5-14-26(16-17-27)24(29)13-10-21-18-25-28(19-21)22-6-3-2-4-7-22/h2-4,6-13,18-19H,5,14-17H2,1H3. The Bertz CT molecular complexity index is 1200. The van der Waals surface area contributed by atoms with Crippen molar-refractivity contribution in [2.75, 3.05) is 26.2 Å². The summed E-state index contributed by atoms with van der Waals surface area (Å²) < 4.78 is 29.1. The summed E-state index contributed by atoms with van der Waals surface area (Å²) in [5, 5.41) is 4.33. The highest BCUT2D eigenvalue weighted by Crippen LogP contribution is 2.18. The number of aryl methyl sites for hydroxylation is 1. The number of carbonyl (C=O) groups excluding carboxylic acids is 1. The lowest BCUT2D eigenvalue weighted by Gasteiger charge is -2.21. The van der Waals surface area contributed by atoms with Crippen LogP contribution in [0, 0.1) is 6.92 Å². The molecule has 1 amide bonds. The molecule has 2 aromatic carbocycles. The molecule has 0 saturated carbocycles. The second-order valence-electron chi connectivity index (χ2n) is 7.78. The summed E-state index contributed by atoms with van der Waals surface area (Å²) in [6.07, 6.45) is 7.42. The Labute approximate surface area is 188 Å². The quantitative estimate of drug-likeness (QED) is 0.560. The average molecular weight is 451 g/mol. The molecule has 1 aliphatic rings. The fourth-order valence-electron chi connectivity index (χ4n) is 3.63. The Balaban J connectivity index is 1.38. The number of carbonyl (C=O) groups is 1. The summed E-state index contributed by atoms with van der Waals surface area (Å²) in [7, 11) is -3.56. The molecule has 7 nitrogen and oxygen atoms in total. The molecule has 0 aliphatic carbocycles. The number of aromatic nitrogens is 2. The van der Waals surface area contributed by atoms with Gasteiger partial charge in [-0.05, 0) is 43.7 Å². The fraction of sp³-hybridized carbons (Fsp3) is 0.250. The highest BCUT2D eigenvalue weighted by atomic mass is 32.2. The van der Waals surface area contributed by atoms with Crippen molar-refractivity contribution in [2.24, 2.45) is 0 Å². The van der Waals surface area contributed by atoms with Crippen LogP contribution >= 0.6 is 0 Å². The zero-order chi connectivity index (χ0) is 22.6. The molecule has 1 saturated heterocycles. The third kappa shape index (κ3) is 4.98. The van der Waals surface area contributed by atoms with Gasteiger partial charge in [0.15, 0.2) is 0 Å². The molecule has 4 rings (SSSR count). The summed E-state index contributed by atoms with van der Waals surface area (Å²) in [5.74, 6) is -0.132. The summed E-state index contributed by atoms with van der Waals surface area (Å²) in [4.78, 5) is 14.7. The van der Waals surface area contributed by atoms with Crippen LogP contribution in [-0.4, -0.2) is 59.5 Å². The second-order valence-corrected chi connectivity index (χ2v) is 9.72. The summed E-state index contributed by atoms with van der Waals surface area (Å²) in [6.45, 7) is 3.48. The van der Waals surface area contributed by atoms with Crippen molar-refractivity contribution in [1.82, 2.24) is 19.0 Å². The molecule has 8 heteroatoms. The maximum absolute atomic E-state index is 13.0. The summed E-state index contributed by atoms with van der Waals surface area (Å²) in [6, 6.07) is 16.6. The fourth-order valence-corrected chi connectivity index (χ4v) is 5.10. The van der Waals surface area contributed by atoms with Crippen LogP contribution in [0.15, 0.2) is 78.0 Å². The van der Waals surface area contributed by atoms with Gasteiger partial charge in [0.1, 0.15) is 0 Å². The van der Waals surface area contributed by atoms with Crippen LogP contribution < -0.4 is 0 Å².